The van der Waals surface area contributed by atoms with Crippen LogP contribution in [0.4, 0.5) is 5.69 Å². The topological polar surface area (TPSA) is 77.0 Å². The first-order valence-electron chi connectivity index (χ1n) is 8.97. The monoisotopic (exact) mass is 442 g/mol. The Morgan fingerprint density at radius 1 is 1.21 bits per heavy atom. The lowest BCUT2D eigenvalue weighted by molar-refractivity contribution is -0.113. The zero-order valence-corrected chi connectivity index (χ0v) is 18.3. The van der Waals surface area contributed by atoms with Crippen LogP contribution in [-0.2, 0) is 4.79 Å². The molecule has 4 aromatic rings. The third kappa shape index (κ3) is 4.58. The summed E-state index contributed by atoms with van der Waals surface area (Å²) in [4.78, 5) is 18.1. The van der Waals surface area contributed by atoms with E-state index in [4.69, 9.17) is 4.74 Å². The van der Waals surface area contributed by atoms with Gasteiger partial charge in [0.1, 0.15) is 22.0 Å². The lowest BCUT2D eigenvalue weighted by Gasteiger charge is -2.07. The van der Waals surface area contributed by atoms with E-state index in [9.17, 15) is 4.79 Å². The first-order valence-corrected chi connectivity index (χ1v) is 11.7. The minimum Gasteiger partial charge on any atom is -0.494 e. The van der Waals surface area contributed by atoms with Crippen molar-refractivity contribution in [1.82, 2.24) is 15.2 Å². The highest BCUT2D eigenvalue weighted by Gasteiger charge is 2.17. The number of thiophene rings is 1. The number of benzene rings is 1. The Kier molecular flexibility index (Phi) is 6.08. The van der Waals surface area contributed by atoms with Crippen molar-refractivity contribution in [3.63, 3.8) is 0 Å². The Hall–Kier alpha value is -2.49. The maximum atomic E-state index is 12.4. The second-order valence-corrected chi connectivity index (χ2v) is 9.15. The number of fused-ring (bicyclic) bond motifs is 1. The van der Waals surface area contributed by atoms with E-state index in [1.165, 1.54) is 11.8 Å². The van der Waals surface area contributed by atoms with Crippen LogP contribution in [0, 0.1) is 6.92 Å². The minimum atomic E-state index is -0.108. The predicted octanol–water partition coefficient (Wildman–Crippen LogP) is 5.25. The number of amides is 1. The number of hydrogen-bond donors (Lipinski definition) is 1. The first-order chi connectivity index (χ1) is 14.1. The van der Waals surface area contributed by atoms with Crippen molar-refractivity contribution >= 4 is 56.2 Å². The van der Waals surface area contributed by atoms with Gasteiger partial charge in [0.2, 0.25) is 5.91 Å². The number of nitrogens with one attached hydrogen (secondary N) is 1. The van der Waals surface area contributed by atoms with Crippen LogP contribution in [-0.4, -0.2) is 33.4 Å². The maximum absolute atomic E-state index is 12.4. The summed E-state index contributed by atoms with van der Waals surface area (Å²) in [6, 6.07) is 11.3. The van der Waals surface area contributed by atoms with Gasteiger partial charge in [-0.05, 0) is 49.6 Å². The van der Waals surface area contributed by atoms with Gasteiger partial charge >= 0.3 is 0 Å². The first kappa shape index (κ1) is 19.8. The molecule has 0 bridgehead atoms. The van der Waals surface area contributed by atoms with Crippen molar-refractivity contribution in [3.05, 3.63) is 46.8 Å². The van der Waals surface area contributed by atoms with Gasteiger partial charge in [0.05, 0.1) is 26.9 Å². The zero-order chi connectivity index (χ0) is 20.2. The molecule has 4 rings (SSSR count). The van der Waals surface area contributed by atoms with Crippen LogP contribution in [0.5, 0.6) is 5.75 Å². The van der Waals surface area contributed by atoms with Gasteiger partial charge in [-0.3, -0.25) is 4.79 Å². The average molecular weight is 443 g/mol. The highest BCUT2D eigenvalue weighted by molar-refractivity contribution is 8.00. The maximum Gasteiger partial charge on any atom is 0.234 e. The number of rotatable bonds is 7. The SMILES string of the molecule is CCOc1ccc(NC(=O)CSc2nnc(-c3cccs3)c3sc(C)nc23)cc1. The van der Waals surface area contributed by atoms with Gasteiger partial charge in [0, 0.05) is 5.69 Å². The smallest absolute Gasteiger partial charge is 0.234 e. The van der Waals surface area contributed by atoms with Gasteiger partial charge in [0.15, 0.2) is 0 Å². The summed E-state index contributed by atoms with van der Waals surface area (Å²) in [6.07, 6.45) is 0. The number of nitrogens with zero attached hydrogens (tertiary/aromatic N) is 3. The minimum absolute atomic E-state index is 0.108. The number of thiazole rings is 1. The predicted molar refractivity (Wildman–Crippen MR) is 120 cm³/mol. The fourth-order valence-corrected chi connectivity index (χ4v) is 5.21. The number of carbonyl (C=O) groups excluding carboxylic acids is 1. The van der Waals surface area contributed by atoms with Crippen molar-refractivity contribution in [2.45, 2.75) is 18.9 Å². The van der Waals surface area contributed by atoms with Crippen molar-refractivity contribution in [2.24, 2.45) is 0 Å². The molecule has 3 heterocycles. The molecule has 1 amide bonds. The molecule has 0 fully saturated rings. The summed E-state index contributed by atoms with van der Waals surface area (Å²) in [5.74, 6) is 0.900. The second kappa shape index (κ2) is 8.89. The largest absolute Gasteiger partial charge is 0.494 e. The molecule has 0 radical (unpaired) electrons. The van der Waals surface area contributed by atoms with Gasteiger partial charge in [0.25, 0.3) is 0 Å². The standard InChI is InChI=1S/C20H18N4O2S3/c1-3-26-14-8-6-13(7-9-14)22-16(25)11-28-20-18-19(29-12(2)21-18)17(23-24-20)15-5-4-10-27-15/h4-10H,3,11H2,1-2H3,(H,22,25). The van der Waals surface area contributed by atoms with E-state index in [0.717, 1.165) is 37.2 Å². The van der Waals surface area contributed by atoms with E-state index in [0.29, 0.717) is 11.6 Å². The highest BCUT2D eigenvalue weighted by atomic mass is 32.2. The molecule has 0 spiro atoms. The van der Waals surface area contributed by atoms with Crippen molar-refractivity contribution in [3.8, 4) is 16.3 Å². The molecule has 29 heavy (non-hydrogen) atoms. The zero-order valence-electron chi connectivity index (χ0n) is 15.8. The van der Waals surface area contributed by atoms with Crippen molar-refractivity contribution in [1.29, 1.82) is 0 Å². The molecular formula is C20H18N4O2S3. The number of ether oxygens (including phenoxy) is 1. The molecule has 0 aliphatic rings. The number of aryl methyl sites for hydroxylation is 1. The molecule has 6 nitrogen and oxygen atoms in total. The van der Waals surface area contributed by atoms with Gasteiger partial charge in [-0.15, -0.1) is 32.9 Å². The molecule has 0 unspecified atom stereocenters. The molecule has 0 aliphatic carbocycles. The second-order valence-electron chi connectivity index (χ2n) is 6.04. The van der Waals surface area contributed by atoms with E-state index in [1.807, 2.05) is 55.6 Å². The molecule has 148 valence electrons. The van der Waals surface area contributed by atoms with Crippen molar-refractivity contribution < 1.29 is 9.53 Å². The van der Waals surface area contributed by atoms with Gasteiger partial charge in [-0.1, -0.05) is 17.8 Å². The van der Waals surface area contributed by atoms with E-state index in [1.54, 1.807) is 22.7 Å². The summed E-state index contributed by atoms with van der Waals surface area (Å²) in [7, 11) is 0. The van der Waals surface area contributed by atoms with Gasteiger partial charge < -0.3 is 10.1 Å². The Morgan fingerprint density at radius 3 is 2.76 bits per heavy atom. The van der Waals surface area contributed by atoms with Gasteiger partial charge in [-0.25, -0.2) is 4.98 Å². The lowest BCUT2D eigenvalue weighted by Crippen LogP contribution is -2.14. The Morgan fingerprint density at radius 2 is 2.03 bits per heavy atom. The van der Waals surface area contributed by atoms with E-state index in [-0.39, 0.29) is 11.7 Å². The van der Waals surface area contributed by atoms with Crippen LogP contribution in [0.25, 0.3) is 20.8 Å². The molecule has 0 atom stereocenters. The molecule has 9 heteroatoms. The molecule has 0 aliphatic heterocycles. The fraction of sp³-hybridized carbons (Fsp3) is 0.200. The van der Waals surface area contributed by atoms with Crippen LogP contribution in [0.3, 0.4) is 0 Å². The van der Waals surface area contributed by atoms with Crippen LogP contribution < -0.4 is 10.1 Å². The molecule has 1 N–H and O–H groups in total. The average Bonchev–Trinajstić information content (AvgIpc) is 3.37. The van der Waals surface area contributed by atoms with E-state index in [2.05, 4.69) is 20.5 Å². The number of carbonyl (C=O) groups is 1. The van der Waals surface area contributed by atoms with Crippen molar-refractivity contribution in [2.75, 3.05) is 17.7 Å². The third-order valence-corrected chi connectivity index (χ3v) is 6.75. The normalized spacial score (nSPS) is 11.0. The Balaban J connectivity index is 1.47. The third-order valence-electron chi connectivity index (χ3n) is 3.94. The molecule has 3 aromatic heterocycles. The van der Waals surface area contributed by atoms with Crippen LogP contribution >= 0.6 is 34.4 Å². The fourth-order valence-electron chi connectivity index (χ4n) is 2.72. The molecule has 0 saturated heterocycles. The van der Waals surface area contributed by atoms with E-state index < -0.39 is 0 Å². The quantitative estimate of drug-likeness (QED) is 0.394. The highest BCUT2D eigenvalue weighted by Crippen LogP contribution is 2.36. The van der Waals surface area contributed by atoms with Gasteiger partial charge in [-0.2, -0.15) is 0 Å². The number of thioether (sulfide) groups is 1. The Labute approximate surface area is 180 Å². The summed E-state index contributed by atoms with van der Waals surface area (Å²) in [5.41, 5.74) is 2.39. The molecule has 1 aromatic carbocycles. The summed E-state index contributed by atoms with van der Waals surface area (Å²) >= 11 is 4.57. The van der Waals surface area contributed by atoms with E-state index >= 15 is 0 Å². The summed E-state index contributed by atoms with van der Waals surface area (Å²) in [5, 5.41) is 15.3. The number of hydrogen-bond acceptors (Lipinski definition) is 8. The lowest BCUT2D eigenvalue weighted by atomic mass is 10.3. The van der Waals surface area contributed by atoms with Crippen LogP contribution in [0.1, 0.15) is 11.9 Å². The summed E-state index contributed by atoms with van der Waals surface area (Å²) < 4.78 is 6.42. The number of anilines is 1. The van der Waals surface area contributed by atoms with Crippen LogP contribution in [0.2, 0.25) is 0 Å². The molecule has 0 saturated carbocycles. The molecular weight excluding hydrogens is 424 g/mol. The Bertz CT molecular complexity index is 1120. The summed E-state index contributed by atoms with van der Waals surface area (Å²) in [6.45, 7) is 4.51. The number of aromatic nitrogens is 3. The van der Waals surface area contributed by atoms with Crippen LogP contribution in [0.15, 0.2) is 46.8 Å².